The number of nitrogens with zero attached hydrogens (tertiary/aromatic N) is 2. The Balaban J connectivity index is 2.09. The van der Waals surface area contributed by atoms with Gasteiger partial charge in [0.1, 0.15) is 0 Å². The minimum Gasteiger partial charge on any atom is -0.367 e. The van der Waals surface area contributed by atoms with Crippen molar-refractivity contribution in [1.29, 1.82) is 0 Å². The number of hydrogen-bond acceptors (Lipinski definition) is 2. The van der Waals surface area contributed by atoms with Crippen LogP contribution >= 0.6 is 0 Å². The minimum atomic E-state index is 0.112. The average Bonchev–Trinajstić information content (AvgIpc) is 2.54. The zero-order valence-corrected chi connectivity index (χ0v) is 16.8. The fraction of sp³-hybridized carbons (Fsp3) is 0.478. The Morgan fingerprint density at radius 2 is 0.880 bits per heavy atom. The van der Waals surface area contributed by atoms with Crippen LogP contribution in [0.2, 0.25) is 0 Å². The fourth-order valence-electron chi connectivity index (χ4n) is 3.31. The maximum absolute atomic E-state index is 2.51. The van der Waals surface area contributed by atoms with Crippen molar-refractivity contribution >= 4 is 11.4 Å². The first-order chi connectivity index (χ1) is 11.7. The number of anilines is 2. The molecule has 25 heavy (non-hydrogen) atoms. The predicted octanol–water partition coefficient (Wildman–Crippen LogP) is 5.99. The molecular formula is C23H34N2. The largest absolute Gasteiger partial charge is 0.367 e. The highest BCUT2D eigenvalue weighted by Crippen LogP contribution is 2.26. The van der Waals surface area contributed by atoms with Crippen molar-refractivity contribution in [3.05, 3.63) is 60.7 Å². The summed E-state index contributed by atoms with van der Waals surface area (Å²) < 4.78 is 0. The maximum Gasteiger partial charge on any atom is 0.0370 e. The summed E-state index contributed by atoms with van der Waals surface area (Å²) in [7, 11) is 0. The first-order valence-corrected chi connectivity index (χ1v) is 9.35. The van der Waals surface area contributed by atoms with E-state index in [2.05, 4.69) is 112 Å². The second kappa shape index (κ2) is 7.95. The van der Waals surface area contributed by atoms with E-state index in [1.165, 1.54) is 11.4 Å². The van der Waals surface area contributed by atoms with Crippen LogP contribution in [-0.4, -0.2) is 24.2 Å². The standard InChI is InChI=1S/C23H34N2/c1-22(2,3)24(20-14-9-7-10-15-20)18-13-19-25(23(4,5)6)21-16-11-8-12-17-21/h7-12,14-17H,13,18-19H2,1-6H3. The summed E-state index contributed by atoms with van der Waals surface area (Å²) in [5.41, 5.74) is 2.83. The summed E-state index contributed by atoms with van der Waals surface area (Å²) >= 11 is 0. The Hall–Kier alpha value is -1.96. The molecule has 0 aliphatic heterocycles. The summed E-state index contributed by atoms with van der Waals surface area (Å²) in [5, 5.41) is 0. The van der Waals surface area contributed by atoms with Crippen LogP contribution in [0, 0.1) is 0 Å². The highest BCUT2D eigenvalue weighted by Gasteiger charge is 2.24. The van der Waals surface area contributed by atoms with Gasteiger partial charge in [0.2, 0.25) is 0 Å². The second-order valence-corrected chi connectivity index (χ2v) is 8.67. The lowest BCUT2D eigenvalue weighted by Crippen LogP contribution is -2.46. The van der Waals surface area contributed by atoms with Gasteiger partial charge in [0.05, 0.1) is 0 Å². The molecule has 0 heterocycles. The third-order valence-corrected chi connectivity index (χ3v) is 4.52. The van der Waals surface area contributed by atoms with E-state index in [9.17, 15) is 0 Å². The summed E-state index contributed by atoms with van der Waals surface area (Å²) in [6.07, 6.45) is 1.12. The van der Waals surface area contributed by atoms with Crippen LogP contribution in [-0.2, 0) is 0 Å². The van der Waals surface area contributed by atoms with Crippen molar-refractivity contribution in [2.75, 3.05) is 22.9 Å². The summed E-state index contributed by atoms with van der Waals surface area (Å²) in [4.78, 5) is 5.03. The molecule has 0 aliphatic carbocycles. The summed E-state index contributed by atoms with van der Waals surface area (Å²) in [6.45, 7) is 15.8. The highest BCUT2D eigenvalue weighted by atomic mass is 15.2. The third-order valence-electron chi connectivity index (χ3n) is 4.52. The van der Waals surface area contributed by atoms with Gasteiger partial charge in [-0.05, 0) is 72.2 Å². The van der Waals surface area contributed by atoms with Crippen molar-refractivity contribution in [2.24, 2.45) is 0 Å². The number of benzene rings is 2. The van der Waals surface area contributed by atoms with Crippen LogP contribution in [0.3, 0.4) is 0 Å². The van der Waals surface area contributed by atoms with Crippen LogP contribution in [0.15, 0.2) is 60.7 Å². The van der Waals surface area contributed by atoms with Gasteiger partial charge in [0.25, 0.3) is 0 Å². The van der Waals surface area contributed by atoms with E-state index in [0.717, 1.165) is 19.5 Å². The average molecular weight is 339 g/mol. The highest BCUT2D eigenvalue weighted by molar-refractivity contribution is 5.49. The van der Waals surface area contributed by atoms with E-state index >= 15 is 0 Å². The van der Waals surface area contributed by atoms with Crippen LogP contribution in [0.25, 0.3) is 0 Å². The number of hydrogen-bond donors (Lipinski definition) is 0. The van der Waals surface area contributed by atoms with Crippen LogP contribution in [0.4, 0.5) is 11.4 Å². The van der Waals surface area contributed by atoms with Crippen molar-refractivity contribution in [3.63, 3.8) is 0 Å². The monoisotopic (exact) mass is 338 g/mol. The van der Waals surface area contributed by atoms with E-state index in [0.29, 0.717) is 0 Å². The van der Waals surface area contributed by atoms with Gasteiger partial charge in [-0.3, -0.25) is 0 Å². The van der Waals surface area contributed by atoms with E-state index in [4.69, 9.17) is 0 Å². The lowest BCUT2D eigenvalue weighted by molar-refractivity contribution is 0.468. The predicted molar refractivity (Wildman–Crippen MR) is 112 cm³/mol. The molecule has 0 N–H and O–H groups in total. The molecule has 0 amide bonds. The van der Waals surface area contributed by atoms with Gasteiger partial charge in [0.15, 0.2) is 0 Å². The molecule has 2 heteroatoms. The first-order valence-electron chi connectivity index (χ1n) is 9.35. The maximum atomic E-state index is 2.51. The second-order valence-electron chi connectivity index (χ2n) is 8.67. The van der Waals surface area contributed by atoms with Gasteiger partial charge < -0.3 is 9.80 Å². The van der Waals surface area contributed by atoms with Crippen molar-refractivity contribution in [3.8, 4) is 0 Å². The number of rotatable bonds is 6. The minimum absolute atomic E-state index is 0.112. The molecule has 0 radical (unpaired) electrons. The molecule has 136 valence electrons. The van der Waals surface area contributed by atoms with Crippen molar-refractivity contribution in [2.45, 2.75) is 59.0 Å². The van der Waals surface area contributed by atoms with E-state index in [1.807, 2.05) is 0 Å². The van der Waals surface area contributed by atoms with E-state index in [-0.39, 0.29) is 11.1 Å². The van der Waals surface area contributed by atoms with Gasteiger partial charge in [-0.1, -0.05) is 36.4 Å². The molecule has 0 unspecified atom stereocenters. The zero-order valence-electron chi connectivity index (χ0n) is 16.8. The lowest BCUT2D eigenvalue weighted by atomic mass is 10.0. The first kappa shape index (κ1) is 19.4. The molecule has 0 bridgehead atoms. The molecule has 0 aromatic heterocycles. The molecule has 0 fully saturated rings. The molecule has 2 aromatic rings. The molecule has 0 saturated heterocycles. The Morgan fingerprint density at radius 3 is 1.16 bits per heavy atom. The Labute approximate surface area is 154 Å². The normalized spacial score (nSPS) is 12.1. The van der Waals surface area contributed by atoms with Crippen LogP contribution in [0.1, 0.15) is 48.0 Å². The van der Waals surface area contributed by atoms with Crippen LogP contribution < -0.4 is 9.80 Å². The Kier molecular flexibility index (Phi) is 6.16. The van der Waals surface area contributed by atoms with Gasteiger partial charge in [0, 0.05) is 35.5 Å². The molecular weight excluding hydrogens is 304 g/mol. The Morgan fingerprint density at radius 1 is 0.560 bits per heavy atom. The summed E-state index contributed by atoms with van der Waals surface area (Å²) in [5.74, 6) is 0. The third kappa shape index (κ3) is 5.52. The molecule has 2 aromatic carbocycles. The van der Waals surface area contributed by atoms with Gasteiger partial charge >= 0.3 is 0 Å². The molecule has 2 rings (SSSR count). The molecule has 0 saturated carbocycles. The lowest BCUT2D eigenvalue weighted by Gasteiger charge is -2.41. The van der Waals surface area contributed by atoms with Crippen molar-refractivity contribution < 1.29 is 0 Å². The fourth-order valence-corrected chi connectivity index (χ4v) is 3.31. The van der Waals surface area contributed by atoms with E-state index in [1.54, 1.807) is 0 Å². The smallest absolute Gasteiger partial charge is 0.0370 e. The quantitative estimate of drug-likeness (QED) is 0.638. The van der Waals surface area contributed by atoms with Gasteiger partial charge in [-0.15, -0.1) is 0 Å². The SMILES string of the molecule is CC(C)(C)N(CCCN(c1ccccc1)C(C)(C)C)c1ccccc1. The topological polar surface area (TPSA) is 6.48 Å². The molecule has 0 spiro atoms. The molecule has 0 atom stereocenters. The zero-order chi connectivity index (χ0) is 18.5. The van der Waals surface area contributed by atoms with Gasteiger partial charge in [-0.25, -0.2) is 0 Å². The van der Waals surface area contributed by atoms with Crippen molar-refractivity contribution in [1.82, 2.24) is 0 Å². The Bertz CT molecular complexity index is 563. The van der Waals surface area contributed by atoms with Crippen LogP contribution in [0.5, 0.6) is 0 Å². The van der Waals surface area contributed by atoms with Gasteiger partial charge in [-0.2, -0.15) is 0 Å². The summed E-state index contributed by atoms with van der Waals surface area (Å²) in [6, 6.07) is 21.5. The molecule has 2 nitrogen and oxygen atoms in total. The number of para-hydroxylation sites is 2. The van der Waals surface area contributed by atoms with E-state index < -0.39 is 0 Å². The molecule has 0 aliphatic rings.